The maximum Gasteiger partial charge on any atom is 0.254 e. The molecule has 2 fully saturated rings. The van der Waals surface area contributed by atoms with Crippen molar-refractivity contribution in [2.45, 2.75) is 18.5 Å². The van der Waals surface area contributed by atoms with Crippen LogP contribution < -0.4 is 10.1 Å². The lowest BCUT2D eigenvalue weighted by atomic mass is 9.98. The van der Waals surface area contributed by atoms with Crippen molar-refractivity contribution in [3.05, 3.63) is 65.5 Å². The van der Waals surface area contributed by atoms with Gasteiger partial charge < -0.3 is 19.9 Å². The summed E-state index contributed by atoms with van der Waals surface area (Å²) in [5, 5.41) is 2.79. The van der Waals surface area contributed by atoms with Crippen LogP contribution in [-0.4, -0.2) is 66.3 Å². The van der Waals surface area contributed by atoms with Gasteiger partial charge in [0.1, 0.15) is 23.7 Å². The first-order valence-electron chi connectivity index (χ1n) is 9.75. The van der Waals surface area contributed by atoms with Crippen LogP contribution >= 0.6 is 0 Å². The van der Waals surface area contributed by atoms with Gasteiger partial charge in [0, 0.05) is 25.1 Å². The highest BCUT2D eigenvalue weighted by molar-refractivity contribution is 5.99. The zero-order valence-corrected chi connectivity index (χ0v) is 16.5. The lowest BCUT2D eigenvalue weighted by Gasteiger charge is -2.45. The number of halogens is 1. The Morgan fingerprint density at radius 1 is 1.17 bits per heavy atom. The molecule has 0 spiro atoms. The largest absolute Gasteiger partial charge is 0.497 e. The lowest BCUT2D eigenvalue weighted by Crippen LogP contribution is -2.70. The van der Waals surface area contributed by atoms with Crippen LogP contribution in [-0.2, 0) is 16.0 Å². The molecule has 2 atom stereocenters. The Bertz CT molecular complexity index is 979. The van der Waals surface area contributed by atoms with Crippen molar-refractivity contribution in [3.8, 4) is 5.75 Å². The number of carbonyl (C=O) groups is 3. The maximum absolute atomic E-state index is 13.4. The number of fused-ring (bicyclic) bond motifs is 1. The summed E-state index contributed by atoms with van der Waals surface area (Å²) in [6.07, 6.45) is 0.379. The van der Waals surface area contributed by atoms with Gasteiger partial charge in [-0.15, -0.1) is 0 Å². The van der Waals surface area contributed by atoms with Gasteiger partial charge in [0.2, 0.25) is 11.8 Å². The molecule has 0 bridgehead atoms. The van der Waals surface area contributed by atoms with Crippen LogP contribution in [0.4, 0.5) is 4.39 Å². The minimum atomic E-state index is -0.740. The zero-order chi connectivity index (χ0) is 21.3. The van der Waals surface area contributed by atoms with Crippen molar-refractivity contribution in [1.29, 1.82) is 0 Å². The molecule has 156 valence electrons. The highest BCUT2D eigenvalue weighted by Crippen LogP contribution is 2.21. The van der Waals surface area contributed by atoms with Gasteiger partial charge in [-0.05, 0) is 35.9 Å². The second-order valence-electron chi connectivity index (χ2n) is 7.42. The van der Waals surface area contributed by atoms with Gasteiger partial charge in [-0.3, -0.25) is 14.4 Å². The predicted octanol–water partition coefficient (Wildman–Crippen LogP) is 1.23. The summed E-state index contributed by atoms with van der Waals surface area (Å²) in [5.74, 6) is -0.573. The number of amides is 3. The number of ether oxygens (including phenoxy) is 1. The molecule has 0 radical (unpaired) electrons. The summed E-state index contributed by atoms with van der Waals surface area (Å²) in [7, 11) is 1.58. The van der Waals surface area contributed by atoms with Crippen LogP contribution in [0.15, 0.2) is 48.5 Å². The maximum atomic E-state index is 13.4. The van der Waals surface area contributed by atoms with E-state index in [0.29, 0.717) is 13.0 Å². The van der Waals surface area contributed by atoms with E-state index in [1.54, 1.807) is 12.0 Å². The topological polar surface area (TPSA) is 79.0 Å². The quantitative estimate of drug-likeness (QED) is 0.821. The zero-order valence-electron chi connectivity index (χ0n) is 16.5. The van der Waals surface area contributed by atoms with Crippen molar-refractivity contribution >= 4 is 17.7 Å². The first-order chi connectivity index (χ1) is 14.5. The van der Waals surface area contributed by atoms with Gasteiger partial charge in [-0.1, -0.05) is 18.2 Å². The summed E-state index contributed by atoms with van der Waals surface area (Å²) in [4.78, 5) is 41.4. The van der Waals surface area contributed by atoms with Gasteiger partial charge in [-0.2, -0.15) is 0 Å². The Morgan fingerprint density at radius 2 is 1.93 bits per heavy atom. The molecule has 0 saturated carbocycles. The number of piperazine rings is 2. The first kappa shape index (κ1) is 19.9. The molecule has 1 N–H and O–H groups in total. The van der Waals surface area contributed by atoms with Crippen molar-refractivity contribution in [2.24, 2.45) is 0 Å². The normalized spacial score (nSPS) is 21.1. The molecular formula is C22H22FN3O4. The van der Waals surface area contributed by atoms with Crippen LogP contribution in [0.1, 0.15) is 15.9 Å². The molecule has 0 aliphatic carbocycles. The van der Waals surface area contributed by atoms with Crippen molar-refractivity contribution in [3.63, 3.8) is 0 Å². The van der Waals surface area contributed by atoms with Crippen molar-refractivity contribution in [1.82, 2.24) is 15.1 Å². The number of hydrogen-bond donors (Lipinski definition) is 1. The molecule has 2 aromatic rings. The fourth-order valence-electron chi connectivity index (χ4n) is 3.93. The van der Waals surface area contributed by atoms with Gasteiger partial charge in [0.15, 0.2) is 0 Å². The average Bonchev–Trinajstić information content (AvgIpc) is 2.77. The van der Waals surface area contributed by atoms with Crippen molar-refractivity contribution in [2.75, 3.05) is 26.7 Å². The Labute approximate surface area is 173 Å². The minimum Gasteiger partial charge on any atom is -0.497 e. The standard InChI is InChI=1S/C22H22FN3O4/c1-30-17-7-5-14(6-8-17)11-18-22(29)26-10-9-25(13-19(26)20(27)24-18)21(28)15-3-2-4-16(23)12-15/h2-8,12,18-19H,9-11,13H2,1H3,(H,24,27)/t18-,19-/m0/s1. The molecule has 3 amide bonds. The van der Waals surface area contributed by atoms with E-state index in [1.807, 2.05) is 24.3 Å². The molecule has 2 aliphatic rings. The van der Waals surface area contributed by atoms with E-state index in [1.165, 1.54) is 29.2 Å². The van der Waals surface area contributed by atoms with E-state index < -0.39 is 17.9 Å². The van der Waals surface area contributed by atoms with E-state index in [9.17, 15) is 18.8 Å². The summed E-state index contributed by atoms with van der Waals surface area (Å²) in [6, 6.07) is 11.4. The molecule has 2 aliphatic heterocycles. The van der Waals surface area contributed by atoms with E-state index in [2.05, 4.69) is 5.32 Å². The van der Waals surface area contributed by atoms with Crippen LogP contribution in [0.3, 0.4) is 0 Å². The second-order valence-corrected chi connectivity index (χ2v) is 7.42. The number of benzene rings is 2. The molecule has 8 heteroatoms. The molecule has 30 heavy (non-hydrogen) atoms. The smallest absolute Gasteiger partial charge is 0.254 e. The van der Waals surface area contributed by atoms with Gasteiger partial charge in [0.25, 0.3) is 5.91 Å². The van der Waals surface area contributed by atoms with Gasteiger partial charge in [0.05, 0.1) is 13.7 Å². The molecule has 4 rings (SSSR count). The predicted molar refractivity (Wildman–Crippen MR) is 106 cm³/mol. The first-order valence-corrected chi connectivity index (χ1v) is 9.75. The van der Waals surface area contributed by atoms with E-state index in [-0.39, 0.29) is 36.4 Å². The van der Waals surface area contributed by atoms with Gasteiger partial charge in [-0.25, -0.2) is 4.39 Å². The van der Waals surface area contributed by atoms with E-state index in [4.69, 9.17) is 4.74 Å². The number of nitrogens with one attached hydrogen (secondary N) is 1. The fourth-order valence-corrected chi connectivity index (χ4v) is 3.93. The molecule has 2 saturated heterocycles. The third-order valence-corrected chi connectivity index (χ3v) is 5.54. The monoisotopic (exact) mass is 411 g/mol. The Kier molecular flexibility index (Phi) is 5.39. The van der Waals surface area contributed by atoms with Crippen LogP contribution in [0.2, 0.25) is 0 Å². The molecule has 7 nitrogen and oxygen atoms in total. The highest BCUT2D eigenvalue weighted by Gasteiger charge is 2.44. The highest BCUT2D eigenvalue weighted by atomic mass is 19.1. The lowest BCUT2D eigenvalue weighted by molar-refractivity contribution is -0.152. The Balaban J connectivity index is 1.44. The SMILES string of the molecule is COc1ccc(C[C@@H]2NC(=O)[C@@H]3CN(C(=O)c4cccc(F)c4)CCN3C2=O)cc1. The average molecular weight is 411 g/mol. The molecule has 2 heterocycles. The van der Waals surface area contributed by atoms with Crippen LogP contribution in [0.5, 0.6) is 5.75 Å². The molecule has 0 unspecified atom stereocenters. The fraction of sp³-hybridized carbons (Fsp3) is 0.318. The second kappa shape index (κ2) is 8.14. The van der Waals surface area contributed by atoms with Gasteiger partial charge >= 0.3 is 0 Å². The van der Waals surface area contributed by atoms with Crippen molar-refractivity contribution < 1.29 is 23.5 Å². The van der Waals surface area contributed by atoms with Crippen LogP contribution in [0.25, 0.3) is 0 Å². The number of hydrogen-bond acceptors (Lipinski definition) is 4. The minimum absolute atomic E-state index is 0.0855. The number of carbonyl (C=O) groups excluding carboxylic acids is 3. The molecular weight excluding hydrogens is 389 g/mol. The Morgan fingerprint density at radius 3 is 2.63 bits per heavy atom. The number of methoxy groups -OCH3 is 1. The van der Waals surface area contributed by atoms with E-state index in [0.717, 1.165) is 11.3 Å². The molecule has 2 aromatic carbocycles. The Hall–Kier alpha value is -3.42. The summed E-state index contributed by atoms with van der Waals surface area (Å²) in [6.45, 7) is 0.638. The van der Waals surface area contributed by atoms with E-state index >= 15 is 0 Å². The van der Waals surface area contributed by atoms with Crippen LogP contribution in [0, 0.1) is 5.82 Å². The summed E-state index contributed by atoms with van der Waals surface area (Å²) >= 11 is 0. The third kappa shape index (κ3) is 3.85. The number of nitrogens with zero attached hydrogens (tertiary/aromatic N) is 2. The third-order valence-electron chi connectivity index (χ3n) is 5.54. The number of rotatable bonds is 4. The molecule has 0 aromatic heterocycles. The summed E-state index contributed by atoms with van der Waals surface area (Å²) < 4.78 is 18.6. The summed E-state index contributed by atoms with van der Waals surface area (Å²) in [5.41, 5.74) is 1.14.